The third-order valence-electron chi connectivity index (χ3n) is 3.60. The van der Waals surface area contributed by atoms with E-state index in [-0.39, 0.29) is 52.0 Å². The summed E-state index contributed by atoms with van der Waals surface area (Å²) in [6.45, 7) is 0.362. The van der Waals surface area contributed by atoms with Crippen molar-refractivity contribution in [3.05, 3.63) is 28.2 Å². The van der Waals surface area contributed by atoms with Gasteiger partial charge in [-0.15, -0.1) is 24.0 Å². The molecule has 136 valence electrons. The van der Waals surface area contributed by atoms with Gasteiger partial charge in [0, 0.05) is 12.6 Å². The minimum Gasteiger partial charge on any atom is -0.370 e. The van der Waals surface area contributed by atoms with Gasteiger partial charge in [0.1, 0.15) is 4.90 Å². The van der Waals surface area contributed by atoms with Crippen LogP contribution in [0.15, 0.2) is 28.1 Å². The van der Waals surface area contributed by atoms with E-state index in [0.717, 1.165) is 12.8 Å². The molecule has 6 nitrogen and oxygen atoms in total. The van der Waals surface area contributed by atoms with Crippen LogP contribution in [-0.2, 0) is 10.0 Å². The molecule has 0 atom stereocenters. The van der Waals surface area contributed by atoms with Crippen LogP contribution < -0.4 is 15.8 Å². The standard InChI is InChI=1S/C14H20Cl2N4O2S.HI/c15-11-6-3-7-12(13(11)16)23(21,22)19-9-8-18-14(17)20-10-4-1-2-5-10;/h3,6-7,10,19H,1-2,4-5,8-9H2,(H3,17,18,20);1H. The lowest BCUT2D eigenvalue weighted by Gasteiger charge is -2.12. The van der Waals surface area contributed by atoms with E-state index in [0.29, 0.717) is 12.0 Å². The molecule has 0 heterocycles. The van der Waals surface area contributed by atoms with E-state index < -0.39 is 10.0 Å². The second kappa shape index (κ2) is 10.0. The van der Waals surface area contributed by atoms with Crippen LogP contribution in [0.3, 0.4) is 0 Å². The Morgan fingerprint density at radius 1 is 1.29 bits per heavy atom. The molecule has 0 unspecified atom stereocenters. The predicted octanol–water partition coefficient (Wildman–Crippen LogP) is 2.74. The van der Waals surface area contributed by atoms with E-state index in [2.05, 4.69) is 15.0 Å². The van der Waals surface area contributed by atoms with Crippen LogP contribution >= 0.6 is 47.2 Å². The average Bonchev–Trinajstić information content (AvgIpc) is 2.99. The lowest BCUT2D eigenvalue weighted by molar-refractivity contribution is 0.582. The smallest absolute Gasteiger partial charge is 0.242 e. The molecule has 1 aromatic carbocycles. The maximum atomic E-state index is 12.2. The van der Waals surface area contributed by atoms with Crippen molar-refractivity contribution in [3.8, 4) is 0 Å². The van der Waals surface area contributed by atoms with Gasteiger partial charge < -0.3 is 11.1 Å². The summed E-state index contributed by atoms with van der Waals surface area (Å²) in [4.78, 5) is 4.07. The summed E-state index contributed by atoms with van der Waals surface area (Å²) >= 11 is 11.8. The van der Waals surface area contributed by atoms with Crippen molar-refractivity contribution in [2.75, 3.05) is 13.1 Å². The first kappa shape index (κ1) is 21.8. The molecule has 10 heteroatoms. The van der Waals surface area contributed by atoms with Gasteiger partial charge in [0.25, 0.3) is 0 Å². The first-order chi connectivity index (χ1) is 10.9. The van der Waals surface area contributed by atoms with Gasteiger partial charge in [-0.05, 0) is 25.0 Å². The Morgan fingerprint density at radius 3 is 2.62 bits per heavy atom. The Balaban J connectivity index is 0.00000288. The van der Waals surface area contributed by atoms with Gasteiger partial charge in [-0.3, -0.25) is 4.99 Å². The fourth-order valence-corrected chi connectivity index (χ4v) is 4.23. The van der Waals surface area contributed by atoms with Gasteiger partial charge in [0.15, 0.2) is 5.96 Å². The van der Waals surface area contributed by atoms with Gasteiger partial charge in [0.2, 0.25) is 10.0 Å². The third-order valence-corrected chi connectivity index (χ3v) is 6.03. The SMILES string of the molecule is I.NC(=NCCNS(=O)(=O)c1cccc(Cl)c1Cl)NC1CCCC1. The molecule has 0 spiro atoms. The van der Waals surface area contributed by atoms with Gasteiger partial charge in [0.05, 0.1) is 16.6 Å². The molecule has 1 fully saturated rings. The van der Waals surface area contributed by atoms with Gasteiger partial charge in [-0.2, -0.15) is 0 Å². The number of sulfonamides is 1. The molecule has 4 N–H and O–H groups in total. The molecule has 2 rings (SSSR count). The fourth-order valence-electron chi connectivity index (χ4n) is 2.45. The number of nitrogens with zero attached hydrogens (tertiary/aromatic N) is 1. The molecule has 24 heavy (non-hydrogen) atoms. The molecule has 0 saturated heterocycles. The van der Waals surface area contributed by atoms with Gasteiger partial charge in [-0.25, -0.2) is 13.1 Å². The van der Waals surface area contributed by atoms with Gasteiger partial charge >= 0.3 is 0 Å². The highest BCUT2D eigenvalue weighted by molar-refractivity contribution is 14.0. The lowest BCUT2D eigenvalue weighted by atomic mass is 10.2. The van der Waals surface area contributed by atoms with E-state index in [1.165, 1.54) is 31.0 Å². The van der Waals surface area contributed by atoms with E-state index in [1.807, 2.05) is 0 Å². The molecule has 1 aliphatic carbocycles. The number of nitrogens with two attached hydrogens (primary N) is 1. The molecular weight excluding hydrogens is 486 g/mol. The third kappa shape index (κ3) is 6.21. The minimum atomic E-state index is -3.73. The fraction of sp³-hybridized carbons (Fsp3) is 0.500. The van der Waals surface area contributed by atoms with Crippen LogP contribution in [-0.4, -0.2) is 33.5 Å². The predicted molar refractivity (Wildman–Crippen MR) is 109 cm³/mol. The molecule has 0 amide bonds. The highest BCUT2D eigenvalue weighted by atomic mass is 127. The zero-order valence-electron chi connectivity index (χ0n) is 13.0. The molecule has 1 aliphatic rings. The largest absolute Gasteiger partial charge is 0.370 e. The van der Waals surface area contributed by atoms with E-state index >= 15 is 0 Å². The van der Waals surface area contributed by atoms with E-state index in [1.54, 1.807) is 0 Å². The second-order valence-corrected chi connectivity index (χ2v) is 7.86. The zero-order chi connectivity index (χ0) is 16.9. The number of benzene rings is 1. The highest BCUT2D eigenvalue weighted by Crippen LogP contribution is 2.28. The van der Waals surface area contributed by atoms with Crippen LogP contribution in [0, 0.1) is 0 Å². The number of nitrogens with one attached hydrogen (secondary N) is 2. The zero-order valence-corrected chi connectivity index (χ0v) is 17.6. The summed E-state index contributed by atoms with van der Waals surface area (Å²) in [5.41, 5.74) is 5.78. The molecule has 0 bridgehead atoms. The summed E-state index contributed by atoms with van der Waals surface area (Å²) in [5, 5.41) is 3.34. The van der Waals surface area contributed by atoms with Crippen molar-refractivity contribution < 1.29 is 8.42 Å². The average molecular weight is 507 g/mol. The normalized spacial score (nSPS) is 16.0. The number of halogens is 3. The number of aliphatic imine (C=N–C) groups is 1. The van der Waals surface area contributed by atoms with Crippen LogP contribution in [0.25, 0.3) is 0 Å². The minimum absolute atomic E-state index is 0. The number of hydrogen-bond donors (Lipinski definition) is 3. The summed E-state index contributed by atoms with van der Waals surface area (Å²) in [6.07, 6.45) is 4.59. The van der Waals surface area contributed by atoms with Crippen LogP contribution in [0.1, 0.15) is 25.7 Å². The van der Waals surface area contributed by atoms with Crippen molar-refractivity contribution in [3.63, 3.8) is 0 Å². The molecular formula is C14H21Cl2IN4O2S. The maximum absolute atomic E-state index is 12.2. The van der Waals surface area contributed by atoms with Crippen LogP contribution in [0.2, 0.25) is 10.0 Å². The van der Waals surface area contributed by atoms with Crippen molar-refractivity contribution in [2.45, 2.75) is 36.6 Å². The van der Waals surface area contributed by atoms with Crippen LogP contribution in [0.5, 0.6) is 0 Å². The Morgan fingerprint density at radius 2 is 1.96 bits per heavy atom. The second-order valence-electron chi connectivity index (χ2n) is 5.34. The summed E-state index contributed by atoms with van der Waals surface area (Å²) in [6, 6.07) is 4.84. The van der Waals surface area contributed by atoms with Crippen LogP contribution in [0.4, 0.5) is 0 Å². The monoisotopic (exact) mass is 506 g/mol. The van der Waals surface area contributed by atoms with Crippen molar-refractivity contribution in [1.82, 2.24) is 10.0 Å². The first-order valence-corrected chi connectivity index (χ1v) is 9.64. The molecule has 1 aromatic rings. The molecule has 1 saturated carbocycles. The topological polar surface area (TPSA) is 96.6 Å². The Labute approximate surface area is 169 Å². The molecule has 0 aromatic heterocycles. The quantitative estimate of drug-likeness (QED) is 0.239. The number of guanidine groups is 1. The molecule has 0 radical (unpaired) electrons. The first-order valence-electron chi connectivity index (χ1n) is 7.40. The maximum Gasteiger partial charge on any atom is 0.242 e. The van der Waals surface area contributed by atoms with Gasteiger partial charge in [-0.1, -0.05) is 42.1 Å². The number of rotatable bonds is 6. The lowest BCUT2D eigenvalue weighted by Crippen LogP contribution is -2.39. The van der Waals surface area contributed by atoms with Crippen molar-refractivity contribution in [2.24, 2.45) is 10.7 Å². The Bertz CT molecular complexity index is 679. The molecule has 0 aliphatic heterocycles. The Hall–Kier alpha value is -0.290. The van der Waals surface area contributed by atoms with Crippen molar-refractivity contribution in [1.29, 1.82) is 0 Å². The summed E-state index contributed by atoms with van der Waals surface area (Å²) in [7, 11) is -3.73. The summed E-state index contributed by atoms with van der Waals surface area (Å²) in [5.74, 6) is 0.344. The number of hydrogen-bond acceptors (Lipinski definition) is 3. The van der Waals surface area contributed by atoms with E-state index in [4.69, 9.17) is 28.9 Å². The Kier molecular flexibility index (Phi) is 9.07. The van der Waals surface area contributed by atoms with E-state index in [9.17, 15) is 8.42 Å². The summed E-state index contributed by atoms with van der Waals surface area (Å²) < 4.78 is 26.8. The van der Waals surface area contributed by atoms with Crippen molar-refractivity contribution >= 4 is 63.2 Å². The highest BCUT2D eigenvalue weighted by Gasteiger charge is 2.19.